The number of nitrogens with zero attached hydrogens (tertiary/aromatic N) is 3. The van der Waals surface area contributed by atoms with Gasteiger partial charge < -0.3 is 14.4 Å². The summed E-state index contributed by atoms with van der Waals surface area (Å²) in [5.74, 6) is 1.00. The fraction of sp³-hybridized carbons (Fsp3) is 0.381. The monoisotopic (exact) mass is 399 g/mol. The SMILES string of the molecule is COCc1nc(N(C)[C@H](C)C(=O)OC(C)C)c2c(-c3ccccc3)csc2n1. The highest BCUT2D eigenvalue weighted by atomic mass is 32.1. The Morgan fingerprint density at radius 1 is 1.18 bits per heavy atom. The molecule has 0 saturated heterocycles. The average molecular weight is 400 g/mol. The first kappa shape index (κ1) is 20.2. The van der Waals surface area contributed by atoms with E-state index < -0.39 is 6.04 Å². The van der Waals surface area contributed by atoms with Crippen molar-refractivity contribution >= 4 is 33.3 Å². The standard InChI is InChI=1S/C21H25N3O3S/c1-13(2)27-21(25)14(3)24(4)19-18-16(15-9-7-6-8-10-15)12-28-20(18)23-17(22-19)11-26-5/h6-10,12-14H,11H2,1-5H3/t14-/m1/s1. The van der Waals surface area contributed by atoms with E-state index in [4.69, 9.17) is 14.5 Å². The number of esters is 1. The van der Waals surface area contributed by atoms with E-state index in [0.717, 1.165) is 21.3 Å². The summed E-state index contributed by atoms with van der Waals surface area (Å²) in [6.45, 7) is 5.82. The van der Waals surface area contributed by atoms with Crippen LogP contribution in [0.5, 0.6) is 0 Å². The highest BCUT2D eigenvalue weighted by Crippen LogP contribution is 2.38. The molecule has 2 aromatic heterocycles. The summed E-state index contributed by atoms with van der Waals surface area (Å²) in [6, 6.07) is 9.63. The fourth-order valence-corrected chi connectivity index (χ4v) is 3.88. The molecular formula is C21H25N3O3S. The number of fused-ring (bicyclic) bond motifs is 1. The van der Waals surface area contributed by atoms with Gasteiger partial charge >= 0.3 is 5.97 Å². The number of thiophene rings is 1. The lowest BCUT2D eigenvalue weighted by molar-refractivity contribution is -0.148. The lowest BCUT2D eigenvalue weighted by Crippen LogP contribution is -2.39. The molecule has 3 rings (SSSR count). The van der Waals surface area contributed by atoms with Crippen LogP contribution in [-0.2, 0) is 20.9 Å². The molecule has 0 spiro atoms. The van der Waals surface area contributed by atoms with Crippen LogP contribution >= 0.6 is 11.3 Å². The molecule has 0 N–H and O–H groups in total. The van der Waals surface area contributed by atoms with Crippen LogP contribution < -0.4 is 4.90 Å². The molecule has 148 valence electrons. The zero-order valence-electron chi connectivity index (χ0n) is 16.8. The molecule has 0 unspecified atom stereocenters. The molecule has 0 saturated carbocycles. The number of benzene rings is 1. The van der Waals surface area contributed by atoms with Crippen LogP contribution in [-0.4, -0.2) is 42.2 Å². The zero-order valence-corrected chi connectivity index (χ0v) is 17.6. The summed E-state index contributed by atoms with van der Waals surface area (Å²) in [6.07, 6.45) is -0.168. The molecule has 0 aliphatic rings. The second kappa shape index (κ2) is 8.67. The molecule has 0 bridgehead atoms. The van der Waals surface area contributed by atoms with Crippen molar-refractivity contribution in [1.82, 2.24) is 9.97 Å². The van der Waals surface area contributed by atoms with Crippen LogP contribution in [0, 0.1) is 0 Å². The maximum Gasteiger partial charge on any atom is 0.328 e. The summed E-state index contributed by atoms with van der Waals surface area (Å²) in [7, 11) is 3.47. The second-order valence-corrected chi connectivity index (χ2v) is 7.72. The molecular weight excluding hydrogens is 374 g/mol. The first-order valence-corrected chi connectivity index (χ1v) is 10.1. The Bertz CT molecular complexity index is 956. The van der Waals surface area contributed by atoms with Crippen molar-refractivity contribution in [3.05, 3.63) is 41.5 Å². The third kappa shape index (κ3) is 4.15. The number of anilines is 1. The van der Waals surface area contributed by atoms with Gasteiger partial charge in [-0.05, 0) is 26.3 Å². The van der Waals surface area contributed by atoms with Crippen molar-refractivity contribution in [3.8, 4) is 11.1 Å². The first-order valence-electron chi connectivity index (χ1n) is 9.18. The van der Waals surface area contributed by atoms with Gasteiger partial charge in [-0.3, -0.25) is 0 Å². The quantitative estimate of drug-likeness (QED) is 0.553. The molecule has 0 aliphatic heterocycles. The van der Waals surface area contributed by atoms with Crippen LogP contribution in [0.2, 0.25) is 0 Å². The molecule has 0 radical (unpaired) electrons. The summed E-state index contributed by atoms with van der Waals surface area (Å²) < 4.78 is 10.6. The molecule has 3 aromatic rings. The van der Waals surface area contributed by atoms with Crippen LogP contribution in [0.25, 0.3) is 21.3 Å². The number of methoxy groups -OCH3 is 1. The summed E-state index contributed by atoms with van der Waals surface area (Å²) in [4.78, 5) is 24.6. The third-order valence-corrected chi connectivity index (χ3v) is 5.30. The van der Waals surface area contributed by atoms with Crippen LogP contribution in [0.1, 0.15) is 26.6 Å². The number of hydrogen-bond acceptors (Lipinski definition) is 7. The van der Waals surface area contributed by atoms with E-state index in [1.165, 1.54) is 0 Å². The second-order valence-electron chi connectivity index (χ2n) is 6.86. The Morgan fingerprint density at radius 2 is 1.89 bits per heavy atom. The van der Waals surface area contributed by atoms with Gasteiger partial charge in [0.25, 0.3) is 0 Å². The van der Waals surface area contributed by atoms with Gasteiger partial charge in [-0.1, -0.05) is 30.3 Å². The molecule has 1 aromatic carbocycles. The van der Waals surface area contributed by atoms with Crippen molar-refractivity contribution in [1.29, 1.82) is 0 Å². The molecule has 1 atom stereocenters. The van der Waals surface area contributed by atoms with Crippen molar-refractivity contribution in [2.45, 2.75) is 39.5 Å². The van der Waals surface area contributed by atoms with Gasteiger partial charge in [0.2, 0.25) is 0 Å². The van der Waals surface area contributed by atoms with E-state index in [1.54, 1.807) is 18.4 Å². The van der Waals surface area contributed by atoms with Gasteiger partial charge in [0, 0.05) is 25.1 Å². The van der Waals surface area contributed by atoms with Crippen molar-refractivity contribution in [3.63, 3.8) is 0 Å². The van der Waals surface area contributed by atoms with E-state index >= 15 is 0 Å². The van der Waals surface area contributed by atoms with E-state index in [0.29, 0.717) is 18.2 Å². The number of carbonyl (C=O) groups is 1. The normalized spacial score (nSPS) is 12.4. The van der Waals surface area contributed by atoms with Crippen LogP contribution in [0.3, 0.4) is 0 Å². The summed E-state index contributed by atoms with van der Waals surface area (Å²) >= 11 is 1.56. The molecule has 0 fully saturated rings. The minimum Gasteiger partial charge on any atom is -0.461 e. The third-order valence-electron chi connectivity index (χ3n) is 4.43. The Kier molecular flexibility index (Phi) is 6.26. The molecule has 6 nitrogen and oxygen atoms in total. The predicted molar refractivity (Wildman–Crippen MR) is 113 cm³/mol. The highest BCUT2D eigenvalue weighted by Gasteiger charge is 2.26. The maximum absolute atomic E-state index is 12.5. The molecule has 0 amide bonds. The Morgan fingerprint density at radius 3 is 2.54 bits per heavy atom. The van der Waals surface area contributed by atoms with Gasteiger partial charge in [-0.15, -0.1) is 11.3 Å². The molecule has 7 heteroatoms. The maximum atomic E-state index is 12.5. The Hall–Kier alpha value is -2.51. The van der Waals surface area contributed by atoms with Gasteiger partial charge in [-0.2, -0.15) is 0 Å². The van der Waals surface area contributed by atoms with Gasteiger partial charge in [0.05, 0.1) is 11.5 Å². The Balaban J connectivity index is 2.12. The fourth-order valence-electron chi connectivity index (χ4n) is 2.92. The smallest absolute Gasteiger partial charge is 0.328 e. The lowest BCUT2D eigenvalue weighted by Gasteiger charge is -2.26. The summed E-state index contributed by atoms with van der Waals surface area (Å²) in [5.41, 5.74) is 2.14. The lowest BCUT2D eigenvalue weighted by atomic mass is 10.1. The predicted octanol–water partition coefficient (Wildman–Crippen LogP) is 4.28. The van der Waals surface area contributed by atoms with Crippen LogP contribution in [0.4, 0.5) is 5.82 Å². The largest absolute Gasteiger partial charge is 0.461 e. The number of likely N-dealkylation sites (N-methyl/N-ethyl adjacent to an activating group) is 1. The molecule has 2 heterocycles. The summed E-state index contributed by atoms with van der Waals surface area (Å²) in [5, 5.41) is 3.02. The van der Waals surface area contributed by atoms with Crippen molar-refractivity contribution in [2.24, 2.45) is 0 Å². The topological polar surface area (TPSA) is 64.5 Å². The van der Waals surface area contributed by atoms with E-state index in [1.807, 2.05) is 50.9 Å². The first-order chi connectivity index (χ1) is 13.4. The molecule has 28 heavy (non-hydrogen) atoms. The van der Waals surface area contributed by atoms with Gasteiger partial charge in [0.15, 0.2) is 5.82 Å². The zero-order chi connectivity index (χ0) is 20.3. The minimum absolute atomic E-state index is 0.168. The average Bonchev–Trinajstić information content (AvgIpc) is 3.10. The van der Waals surface area contributed by atoms with E-state index in [9.17, 15) is 4.79 Å². The van der Waals surface area contributed by atoms with Gasteiger partial charge in [-0.25, -0.2) is 14.8 Å². The van der Waals surface area contributed by atoms with Crippen molar-refractivity contribution in [2.75, 3.05) is 19.1 Å². The highest BCUT2D eigenvalue weighted by molar-refractivity contribution is 7.17. The van der Waals surface area contributed by atoms with E-state index in [2.05, 4.69) is 22.5 Å². The minimum atomic E-state index is -0.487. The van der Waals surface area contributed by atoms with Crippen LogP contribution in [0.15, 0.2) is 35.7 Å². The number of rotatable bonds is 7. The van der Waals surface area contributed by atoms with Crippen molar-refractivity contribution < 1.29 is 14.3 Å². The number of carbonyl (C=O) groups excluding carboxylic acids is 1. The number of aromatic nitrogens is 2. The number of ether oxygens (including phenoxy) is 2. The molecule has 0 aliphatic carbocycles. The van der Waals surface area contributed by atoms with Gasteiger partial charge in [0.1, 0.15) is 23.3 Å². The van der Waals surface area contributed by atoms with E-state index in [-0.39, 0.29) is 12.1 Å². The Labute approximate surface area is 169 Å². The number of hydrogen-bond donors (Lipinski definition) is 0.